The Balaban J connectivity index is 1.40. The molecule has 0 saturated carbocycles. The van der Waals surface area contributed by atoms with Gasteiger partial charge in [0.05, 0.1) is 5.69 Å². The van der Waals surface area contributed by atoms with Gasteiger partial charge in [-0.1, -0.05) is 60.1 Å². The van der Waals surface area contributed by atoms with Crippen molar-refractivity contribution in [2.24, 2.45) is 0 Å². The highest BCUT2D eigenvalue weighted by atomic mass is 35.5. The van der Waals surface area contributed by atoms with Gasteiger partial charge in [0.2, 0.25) is 6.79 Å². The number of fused-ring (bicyclic) bond motifs is 2. The number of hydrogen-bond donors (Lipinski definition) is 0. The van der Waals surface area contributed by atoms with E-state index in [4.69, 9.17) is 30.8 Å². The van der Waals surface area contributed by atoms with Gasteiger partial charge < -0.3 is 14.2 Å². The van der Waals surface area contributed by atoms with Crippen LogP contribution in [0.4, 0.5) is 0 Å². The zero-order chi connectivity index (χ0) is 20.3. The van der Waals surface area contributed by atoms with Crippen molar-refractivity contribution in [2.45, 2.75) is 6.61 Å². The van der Waals surface area contributed by atoms with Crippen LogP contribution in [0.5, 0.6) is 17.2 Å². The van der Waals surface area contributed by atoms with Crippen LogP contribution in [-0.2, 0) is 6.61 Å². The van der Waals surface area contributed by atoms with Crippen LogP contribution in [0, 0.1) is 0 Å². The molecule has 0 N–H and O–H groups in total. The van der Waals surface area contributed by atoms with E-state index in [1.54, 1.807) is 0 Å². The van der Waals surface area contributed by atoms with Crippen LogP contribution in [-0.4, -0.2) is 11.8 Å². The third-order valence-corrected chi connectivity index (χ3v) is 5.26. The first-order valence-electron chi connectivity index (χ1n) is 9.60. The molecule has 0 unspecified atom stereocenters. The van der Waals surface area contributed by atoms with Crippen LogP contribution in [0.25, 0.3) is 23.1 Å². The van der Waals surface area contributed by atoms with Gasteiger partial charge in [-0.05, 0) is 42.0 Å². The molecule has 4 aromatic rings. The standard InChI is InChI=1S/C25H18ClNO3/c26-21-6-2-1-4-19(21)15-28-23-7-3-5-18-10-12-20(27-25(18)23)11-8-17-9-13-22-24(14-17)30-16-29-22/h1-14H,15-16H2. The fourth-order valence-electron chi connectivity index (χ4n) is 3.31. The van der Waals surface area contributed by atoms with Crippen molar-refractivity contribution in [2.75, 3.05) is 6.79 Å². The van der Waals surface area contributed by atoms with Crippen LogP contribution in [0.1, 0.15) is 16.8 Å². The summed E-state index contributed by atoms with van der Waals surface area (Å²) in [5.41, 5.74) is 3.62. The smallest absolute Gasteiger partial charge is 0.231 e. The number of pyridine rings is 1. The highest BCUT2D eigenvalue weighted by molar-refractivity contribution is 6.31. The quantitative estimate of drug-likeness (QED) is 0.380. The lowest BCUT2D eigenvalue weighted by molar-refractivity contribution is 0.174. The molecule has 1 aliphatic rings. The fraction of sp³-hybridized carbons (Fsp3) is 0.0800. The number of halogens is 1. The van der Waals surface area contributed by atoms with Gasteiger partial charge in [0.25, 0.3) is 0 Å². The SMILES string of the molecule is Clc1ccccc1COc1cccc2ccc(C=Cc3ccc4c(c3)OCO4)nc12. The van der Waals surface area contributed by atoms with Crippen LogP contribution in [0.15, 0.2) is 72.8 Å². The predicted octanol–water partition coefficient (Wildman–Crippen LogP) is 6.37. The minimum atomic E-state index is 0.270. The summed E-state index contributed by atoms with van der Waals surface area (Å²) in [7, 11) is 0. The summed E-state index contributed by atoms with van der Waals surface area (Å²) in [4.78, 5) is 4.80. The Morgan fingerprint density at radius 1 is 0.900 bits per heavy atom. The molecule has 5 rings (SSSR count). The van der Waals surface area contributed by atoms with E-state index < -0.39 is 0 Å². The Bertz CT molecular complexity index is 1250. The van der Waals surface area contributed by atoms with E-state index in [-0.39, 0.29) is 6.79 Å². The summed E-state index contributed by atoms with van der Waals surface area (Å²) in [6.45, 7) is 0.656. The topological polar surface area (TPSA) is 40.6 Å². The zero-order valence-corrected chi connectivity index (χ0v) is 16.8. The van der Waals surface area contributed by atoms with Gasteiger partial charge in [0, 0.05) is 16.0 Å². The third kappa shape index (κ3) is 3.82. The second kappa shape index (κ2) is 8.09. The number of aromatic nitrogens is 1. The Hall–Kier alpha value is -3.50. The molecule has 0 radical (unpaired) electrons. The van der Waals surface area contributed by atoms with E-state index in [2.05, 4.69) is 0 Å². The molecular formula is C25H18ClNO3. The Labute approximate surface area is 179 Å². The van der Waals surface area contributed by atoms with Crippen molar-refractivity contribution in [3.8, 4) is 17.2 Å². The van der Waals surface area contributed by atoms with Gasteiger partial charge >= 0.3 is 0 Å². The van der Waals surface area contributed by atoms with Crippen molar-refractivity contribution in [1.82, 2.24) is 4.98 Å². The molecule has 0 amide bonds. The zero-order valence-electron chi connectivity index (χ0n) is 16.0. The number of ether oxygens (including phenoxy) is 3. The molecule has 4 nitrogen and oxygen atoms in total. The van der Waals surface area contributed by atoms with E-state index in [9.17, 15) is 0 Å². The summed E-state index contributed by atoms with van der Waals surface area (Å²) in [5, 5.41) is 1.71. The van der Waals surface area contributed by atoms with E-state index in [1.165, 1.54) is 0 Å². The van der Waals surface area contributed by atoms with E-state index in [1.807, 2.05) is 84.9 Å². The molecule has 0 fully saturated rings. The highest BCUT2D eigenvalue weighted by Gasteiger charge is 2.12. The third-order valence-electron chi connectivity index (χ3n) is 4.89. The second-order valence-corrected chi connectivity index (χ2v) is 7.30. The van der Waals surface area contributed by atoms with Gasteiger partial charge in [-0.25, -0.2) is 4.98 Å². The molecule has 1 aliphatic heterocycles. The number of nitrogens with zero attached hydrogens (tertiary/aromatic N) is 1. The molecule has 0 atom stereocenters. The summed E-state index contributed by atoms with van der Waals surface area (Å²) < 4.78 is 16.9. The summed E-state index contributed by atoms with van der Waals surface area (Å²) >= 11 is 6.25. The van der Waals surface area contributed by atoms with Gasteiger partial charge in [-0.3, -0.25) is 0 Å². The van der Waals surface area contributed by atoms with Crippen molar-refractivity contribution in [1.29, 1.82) is 0 Å². The number of para-hydroxylation sites is 1. The average Bonchev–Trinajstić information content (AvgIpc) is 3.25. The number of benzene rings is 3. The first kappa shape index (κ1) is 18.5. The maximum atomic E-state index is 6.25. The van der Waals surface area contributed by atoms with Crippen LogP contribution in [0.3, 0.4) is 0 Å². The normalized spacial score (nSPS) is 12.6. The van der Waals surface area contributed by atoms with Crippen molar-refractivity contribution in [3.05, 3.63) is 94.6 Å². The van der Waals surface area contributed by atoms with E-state index >= 15 is 0 Å². The first-order valence-corrected chi connectivity index (χ1v) is 9.98. The largest absolute Gasteiger partial charge is 0.487 e. The minimum absolute atomic E-state index is 0.270. The van der Waals surface area contributed by atoms with Gasteiger partial charge in [0.15, 0.2) is 11.5 Å². The fourth-order valence-corrected chi connectivity index (χ4v) is 3.50. The predicted molar refractivity (Wildman–Crippen MR) is 119 cm³/mol. The monoisotopic (exact) mass is 415 g/mol. The van der Waals surface area contributed by atoms with Crippen LogP contribution < -0.4 is 14.2 Å². The molecule has 1 aromatic heterocycles. The molecule has 3 aromatic carbocycles. The van der Waals surface area contributed by atoms with E-state index in [0.717, 1.165) is 45.0 Å². The Kier molecular flexibility index (Phi) is 4.99. The van der Waals surface area contributed by atoms with Gasteiger partial charge in [-0.2, -0.15) is 0 Å². The van der Waals surface area contributed by atoms with Crippen molar-refractivity contribution >= 4 is 34.7 Å². The summed E-state index contributed by atoms with van der Waals surface area (Å²) in [6.07, 6.45) is 3.98. The molecule has 0 bridgehead atoms. The molecule has 0 spiro atoms. The van der Waals surface area contributed by atoms with Crippen LogP contribution >= 0.6 is 11.6 Å². The van der Waals surface area contributed by atoms with E-state index in [0.29, 0.717) is 11.6 Å². The maximum Gasteiger partial charge on any atom is 0.231 e. The number of rotatable bonds is 5. The Morgan fingerprint density at radius 3 is 2.73 bits per heavy atom. The Morgan fingerprint density at radius 2 is 1.80 bits per heavy atom. The van der Waals surface area contributed by atoms with Gasteiger partial charge in [0.1, 0.15) is 17.9 Å². The second-order valence-electron chi connectivity index (χ2n) is 6.89. The molecule has 0 saturated heterocycles. The lowest BCUT2D eigenvalue weighted by atomic mass is 10.1. The molecule has 2 heterocycles. The van der Waals surface area contributed by atoms with Crippen LogP contribution in [0.2, 0.25) is 5.02 Å². The first-order chi connectivity index (χ1) is 14.8. The maximum absolute atomic E-state index is 6.25. The lowest BCUT2D eigenvalue weighted by Gasteiger charge is -2.10. The highest BCUT2D eigenvalue weighted by Crippen LogP contribution is 2.33. The number of hydrogen-bond acceptors (Lipinski definition) is 4. The molecule has 5 heteroatoms. The molecular weight excluding hydrogens is 398 g/mol. The lowest BCUT2D eigenvalue weighted by Crippen LogP contribution is -1.98. The molecule has 30 heavy (non-hydrogen) atoms. The van der Waals surface area contributed by atoms with Crippen molar-refractivity contribution in [3.63, 3.8) is 0 Å². The van der Waals surface area contributed by atoms with Crippen molar-refractivity contribution < 1.29 is 14.2 Å². The average molecular weight is 416 g/mol. The molecule has 148 valence electrons. The molecule has 0 aliphatic carbocycles. The summed E-state index contributed by atoms with van der Waals surface area (Å²) in [5.74, 6) is 2.26. The minimum Gasteiger partial charge on any atom is -0.487 e. The van der Waals surface area contributed by atoms with Gasteiger partial charge in [-0.15, -0.1) is 0 Å². The summed E-state index contributed by atoms with van der Waals surface area (Å²) in [6, 6.07) is 23.5.